The van der Waals surface area contributed by atoms with E-state index >= 15 is 0 Å². The van der Waals surface area contributed by atoms with E-state index < -0.39 is 0 Å². The molecule has 3 heteroatoms. The van der Waals surface area contributed by atoms with Gasteiger partial charge in [0.2, 0.25) is 0 Å². The molecule has 0 saturated carbocycles. The third-order valence-electron chi connectivity index (χ3n) is 2.84. The fourth-order valence-corrected chi connectivity index (χ4v) is 1.84. The number of nitrogens with two attached hydrogens (primary N) is 1. The van der Waals surface area contributed by atoms with E-state index in [2.05, 4.69) is 36.9 Å². The summed E-state index contributed by atoms with van der Waals surface area (Å²) in [5.74, 6) is 0.335. The highest BCUT2D eigenvalue weighted by Crippen LogP contribution is 2.20. The first-order chi connectivity index (χ1) is 7.41. The van der Waals surface area contributed by atoms with Crippen molar-refractivity contribution in [2.24, 2.45) is 11.7 Å². The molecule has 3 nitrogen and oxygen atoms in total. The normalized spacial score (nSPS) is 12.2. The highest BCUT2D eigenvalue weighted by molar-refractivity contribution is 5.79. The zero-order chi connectivity index (χ0) is 12.3. The van der Waals surface area contributed by atoms with Gasteiger partial charge in [-0.15, -0.1) is 0 Å². The summed E-state index contributed by atoms with van der Waals surface area (Å²) in [5, 5.41) is 7.40. The van der Waals surface area contributed by atoms with Gasteiger partial charge in [-0.3, -0.25) is 5.41 Å². The standard InChI is InChI=1S/C13H21N3/c1-9-5-6-12(10(2)7-9)16(4)8-11(3)13(14)15/h5-7,11H,8H2,1-4H3,(H3,14,15). The lowest BCUT2D eigenvalue weighted by molar-refractivity contribution is 0.728. The molecule has 0 aromatic heterocycles. The number of benzene rings is 1. The monoisotopic (exact) mass is 219 g/mol. The lowest BCUT2D eigenvalue weighted by atomic mass is 10.1. The van der Waals surface area contributed by atoms with Crippen LogP contribution in [0.1, 0.15) is 18.1 Å². The molecular formula is C13H21N3. The summed E-state index contributed by atoms with van der Waals surface area (Å²) in [7, 11) is 2.04. The summed E-state index contributed by atoms with van der Waals surface area (Å²) in [6, 6.07) is 6.40. The molecule has 16 heavy (non-hydrogen) atoms. The number of amidine groups is 1. The molecule has 88 valence electrons. The summed E-state index contributed by atoms with van der Waals surface area (Å²) in [5.41, 5.74) is 9.22. The maximum atomic E-state index is 7.40. The van der Waals surface area contributed by atoms with Gasteiger partial charge in [0, 0.05) is 25.2 Å². The first-order valence-corrected chi connectivity index (χ1v) is 5.54. The Morgan fingerprint density at radius 1 is 1.44 bits per heavy atom. The van der Waals surface area contributed by atoms with Gasteiger partial charge in [0.15, 0.2) is 0 Å². The Hall–Kier alpha value is -1.51. The van der Waals surface area contributed by atoms with Crippen LogP contribution >= 0.6 is 0 Å². The predicted molar refractivity (Wildman–Crippen MR) is 70.3 cm³/mol. The van der Waals surface area contributed by atoms with E-state index in [0.717, 1.165) is 6.54 Å². The molecule has 1 atom stereocenters. The largest absolute Gasteiger partial charge is 0.387 e. The number of hydrogen-bond acceptors (Lipinski definition) is 2. The Kier molecular flexibility index (Phi) is 3.93. The van der Waals surface area contributed by atoms with Crippen LogP contribution in [0.15, 0.2) is 18.2 Å². The van der Waals surface area contributed by atoms with E-state index in [1.807, 2.05) is 14.0 Å². The van der Waals surface area contributed by atoms with Gasteiger partial charge in [-0.1, -0.05) is 24.6 Å². The van der Waals surface area contributed by atoms with Crippen molar-refractivity contribution in [3.8, 4) is 0 Å². The van der Waals surface area contributed by atoms with E-state index in [0.29, 0.717) is 0 Å². The van der Waals surface area contributed by atoms with Crippen LogP contribution < -0.4 is 10.6 Å². The van der Waals surface area contributed by atoms with Gasteiger partial charge >= 0.3 is 0 Å². The Bertz CT molecular complexity index is 385. The molecular weight excluding hydrogens is 198 g/mol. The SMILES string of the molecule is Cc1ccc(N(C)CC(C)C(=N)N)c(C)c1. The molecule has 1 rings (SSSR count). The molecule has 0 aliphatic heterocycles. The molecule has 0 fully saturated rings. The van der Waals surface area contributed by atoms with Crippen molar-refractivity contribution in [2.45, 2.75) is 20.8 Å². The van der Waals surface area contributed by atoms with Crippen molar-refractivity contribution < 1.29 is 0 Å². The molecule has 3 N–H and O–H groups in total. The maximum absolute atomic E-state index is 7.40. The van der Waals surface area contributed by atoms with Crippen LogP contribution in [0, 0.1) is 25.2 Å². The Morgan fingerprint density at radius 3 is 2.56 bits per heavy atom. The summed E-state index contributed by atoms with van der Waals surface area (Å²) < 4.78 is 0. The van der Waals surface area contributed by atoms with Crippen LogP contribution in [-0.2, 0) is 0 Å². The maximum Gasteiger partial charge on any atom is 0.0952 e. The first-order valence-electron chi connectivity index (χ1n) is 5.54. The average molecular weight is 219 g/mol. The van der Waals surface area contributed by atoms with Crippen LogP contribution in [0.3, 0.4) is 0 Å². The second kappa shape index (κ2) is 5.01. The van der Waals surface area contributed by atoms with Gasteiger partial charge < -0.3 is 10.6 Å². The minimum atomic E-state index is 0.0886. The van der Waals surface area contributed by atoms with E-state index in [1.54, 1.807) is 0 Å². The summed E-state index contributed by atoms with van der Waals surface area (Å²) in [6.45, 7) is 6.95. The number of nitrogens with zero attached hydrogens (tertiary/aromatic N) is 1. The molecule has 0 radical (unpaired) electrons. The molecule has 1 unspecified atom stereocenters. The Morgan fingerprint density at radius 2 is 2.06 bits per heavy atom. The van der Waals surface area contributed by atoms with Gasteiger partial charge in [0.25, 0.3) is 0 Å². The van der Waals surface area contributed by atoms with Crippen molar-refractivity contribution in [3.05, 3.63) is 29.3 Å². The van der Waals surface area contributed by atoms with E-state index in [-0.39, 0.29) is 11.8 Å². The highest BCUT2D eigenvalue weighted by atomic mass is 15.1. The van der Waals surface area contributed by atoms with Gasteiger partial charge in [-0.25, -0.2) is 0 Å². The van der Waals surface area contributed by atoms with E-state index in [4.69, 9.17) is 11.1 Å². The van der Waals surface area contributed by atoms with Crippen LogP contribution in [0.4, 0.5) is 5.69 Å². The molecule has 1 aromatic rings. The van der Waals surface area contributed by atoms with Gasteiger partial charge in [0.1, 0.15) is 0 Å². The molecule has 0 saturated heterocycles. The van der Waals surface area contributed by atoms with Crippen molar-refractivity contribution in [2.75, 3.05) is 18.5 Å². The van der Waals surface area contributed by atoms with E-state index in [1.165, 1.54) is 16.8 Å². The fraction of sp³-hybridized carbons (Fsp3) is 0.462. The van der Waals surface area contributed by atoms with Crippen molar-refractivity contribution >= 4 is 11.5 Å². The minimum absolute atomic E-state index is 0.0886. The number of hydrogen-bond donors (Lipinski definition) is 2. The van der Waals surface area contributed by atoms with Crippen LogP contribution in [0.5, 0.6) is 0 Å². The number of rotatable bonds is 4. The van der Waals surface area contributed by atoms with Gasteiger partial charge in [0.05, 0.1) is 5.84 Å². The second-order valence-corrected chi connectivity index (χ2v) is 4.53. The number of nitrogens with one attached hydrogen (secondary N) is 1. The van der Waals surface area contributed by atoms with Crippen LogP contribution in [0.25, 0.3) is 0 Å². The van der Waals surface area contributed by atoms with Crippen molar-refractivity contribution in [1.82, 2.24) is 0 Å². The highest BCUT2D eigenvalue weighted by Gasteiger charge is 2.11. The predicted octanol–water partition coefficient (Wildman–Crippen LogP) is 2.31. The molecule has 0 spiro atoms. The van der Waals surface area contributed by atoms with Crippen molar-refractivity contribution in [3.63, 3.8) is 0 Å². The molecule has 0 bridgehead atoms. The zero-order valence-electron chi connectivity index (χ0n) is 10.5. The molecule has 0 heterocycles. The summed E-state index contributed by atoms with van der Waals surface area (Å²) in [4.78, 5) is 2.15. The van der Waals surface area contributed by atoms with E-state index in [9.17, 15) is 0 Å². The molecule has 1 aromatic carbocycles. The lowest BCUT2D eigenvalue weighted by Gasteiger charge is -2.24. The number of anilines is 1. The molecule has 0 aliphatic carbocycles. The topological polar surface area (TPSA) is 53.1 Å². The summed E-state index contributed by atoms with van der Waals surface area (Å²) >= 11 is 0. The Balaban J connectivity index is 2.80. The smallest absolute Gasteiger partial charge is 0.0952 e. The quantitative estimate of drug-likeness (QED) is 0.603. The molecule has 0 aliphatic rings. The first kappa shape index (κ1) is 12.6. The Labute approximate surface area is 97.8 Å². The van der Waals surface area contributed by atoms with Crippen LogP contribution in [0.2, 0.25) is 0 Å². The fourth-order valence-electron chi connectivity index (χ4n) is 1.84. The number of aryl methyl sites for hydroxylation is 2. The zero-order valence-corrected chi connectivity index (χ0v) is 10.5. The van der Waals surface area contributed by atoms with Gasteiger partial charge in [-0.05, 0) is 25.5 Å². The van der Waals surface area contributed by atoms with Crippen molar-refractivity contribution in [1.29, 1.82) is 5.41 Å². The third-order valence-corrected chi connectivity index (χ3v) is 2.84. The van der Waals surface area contributed by atoms with Gasteiger partial charge in [-0.2, -0.15) is 0 Å². The third kappa shape index (κ3) is 2.99. The average Bonchev–Trinajstić information content (AvgIpc) is 2.16. The van der Waals surface area contributed by atoms with Crippen LogP contribution in [-0.4, -0.2) is 19.4 Å². The lowest BCUT2D eigenvalue weighted by Crippen LogP contribution is -2.32. The molecule has 0 amide bonds. The minimum Gasteiger partial charge on any atom is -0.387 e. The summed E-state index contributed by atoms with van der Waals surface area (Å²) in [6.07, 6.45) is 0. The second-order valence-electron chi connectivity index (χ2n) is 4.53.